The third kappa shape index (κ3) is 21.2. The standard InChI is InChI=1S/C8H17O.2C8H17.Pb/c1-2-3-4-5-6-7-8-9;2*1-3-5-7-8-6-4-2;/h2-8H2,1H3;2*1,3-8H2,2H3;/q-1;;;+1. The molecule has 1 nitrogen and oxygen atoms in total. The normalized spacial score (nSPS) is 11.5. The Morgan fingerprint density at radius 2 is 0.769 bits per heavy atom. The third-order valence-corrected chi connectivity index (χ3v) is 14.9. The number of unbranched alkanes of at least 4 members (excludes halogenated alkanes) is 15. The van der Waals surface area contributed by atoms with E-state index in [1.54, 1.807) is 0 Å². The molecule has 0 aromatic rings. The van der Waals surface area contributed by atoms with Crippen molar-refractivity contribution in [1.82, 2.24) is 0 Å². The minimum atomic E-state index is -1.70. The van der Waals surface area contributed by atoms with Crippen molar-refractivity contribution in [2.75, 3.05) is 6.61 Å². The van der Waals surface area contributed by atoms with Gasteiger partial charge in [-0.2, -0.15) is 0 Å². The van der Waals surface area contributed by atoms with Gasteiger partial charge in [-0.25, -0.2) is 0 Å². The van der Waals surface area contributed by atoms with Crippen molar-refractivity contribution in [1.29, 1.82) is 0 Å². The van der Waals surface area contributed by atoms with Crippen LogP contribution in [-0.4, -0.2) is 29.8 Å². The van der Waals surface area contributed by atoms with Crippen LogP contribution in [0, 0.1) is 0 Å². The fourth-order valence-corrected chi connectivity index (χ4v) is 12.4. The van der Waals surface area contributed by atoms with Gasteiger partial charge in [0.1, 0.15) is 0 Å². The molecule has 26 heavy (non-hydrogen) atoms. The average Bonchev–Trinajstić information content (AvgIpc) is 2.65. The zero-order valence-corrected chi connectivity index (χ0v) is 22.6. The van der Waals surface area contributed by atoms with Gasteiger partial charge in [0, 0.05) is 0 Å². The molecular weight excluding hydrogens is 511 g/mol. The van der Waals surface area contributed by atoms with Crippen LogP contribution in [0.15, 0.2) is 0 Å². The second kappa shape index (κ2) is 23.9. The summed E-state index contributed by atoms with van der Waals surface area (Å²) < 4.78 is 9.55. The van der Waals surface area contributed by atoms with E-state index in [1.807, 2.05) is 0 Å². The van der Waals surface area contributed by atoms with Crippen molar-refractivity contribution in [3.63, 3.8) is 0 Å². The van der Waals surface area contributed by atoms with E-state index in [4.69, 9.17) is 2.69 Å². The van der Waals surface area contributed by atoms with Gasteiger partial charge < -0.3 is 0 Å². The Labute approximate surface area is 176 Å². The molecule has 0 aliphatic carbocycles. The van der Waals surface area contributed by atoms with Gasteiger partial charge in [0.25, 0.3) is 0 Å². The van der Waals surface area contributed by atoms with Crippen LogP contribution in [0.3, 0.4) is 0 Å². The molecule has 0 aromatic heterocycles. The molecule has 0 rings (SSSR count). The van der Waals surface area contributed by atoms with Crippen LogP contribution < -0.4 is 0 Å². The van der Waals surface area contributed by atoms with Crippen LogP contribution in [0.4, 0.5) is 0 Å². The van der Waals surface area contributed by atoms with Gasteiger partial charge in [0.2, 0.25) is 0 Å². The van der Waals surface area contributed by atoms with E-state index >= 15 is 0 Å². The first-order valence-corrected chi connectivity index (χ1v) is 19.4. The Morgan fingerprint density at radius 1 is 0.423 bits per heavy atom. The molecule has 0 spiro atoms. The molecule has 1 radical (unpaired) electrons. The molecule has 0 unspecified atom stereocenters. The van der Waals surface area contributed by atoms with Crippen LogP contribution >= 0.6 is 0 Å². The van der Waals surface area contributed by atoms with E-state index < -0.39 is 23.2 Å². The Bertz CT molecular complexity index is 228. The van der Waals surface area contributed by atoms with Crippen LogP contribution in [0.1, 0.15) is 136 Å². The van der Waals surface area contributed by atoms with Crippen molar-refractivity contribution in [3.8, 4) is 0 Å². The third-order valence-electron chi connectivity index (χ3n) is 5.42. The maximum absolute atomic E-state index is 6.52. The van der Waals surface area contributed by atoms with Gasteiger partial charge in [-0.1, -0.05) is 0 Å². The zero-order valence-electron chi connectivity index (χ0n) is 18.8. The summed E-state index contributed by atoms with van der Waals surface area (Å²) in [5, 5.41) is 0. The van der Waals surface area contributed by atoms with E-state index in [9.17, 15) is 0 Å². The molecule has 0 aromatic carbocycles. The van der Waals surface area contributed by atoms with Crippen molar-refractivity contribution in [2.24, 2.45) is 0 Å². The average molecular weight is 563 g/mol. The zero-order chi connectivity index (χ0) is 19.1. The Morgan fingerprint density at radius 3 is 1.19 bits per heavy atom. The summed E-state index contributed by atoms with van der Waals surface area (Å²) in [6.07, 6.45) is 25.6. The van der Waals surface area contributed by atoms with Gasteiger partial charge in [-0.15, -0.1) is 0 Å². The summed E-state index contributed by atoms with van der Waals surface area (Å²) in [6.45, 7) is 8.01. The quantitative estimate of drug-likeness (QED) is 0.0944. The predicted molar refractivity (Wildman–Crippen MR) is 121 cm³/mol. The molecule has 0 heterocycles. The summed E-state index contributed by atoms with van der Waals surface area (Å²) >= 11 is -1.70. The summed E-state index contributed by atoms with van der Waals surface area (Å²) in [6, 6.07) is 0. The fourth-order valence-electron chi connectivity index (χ4n) is 3.57. The van der Waals surface area contributed by atoms with Crippen LogP contribution in [-0.2, 0) is 2.69 Å². The van der Waals surface area contributed by atoms with Crippen molar-refractivity contribution >= 4 is 23.2 Å². The van der Waals surface area contributed by atoms with E-state index in [1.165, 1.54) is 124 Å². The van der Waals surface area contributed by atoms with E-state index in [0.717, 1.165) is 6.61 Å². The summed E-state index contributed by atoms with van der Waals surface area (Å²) in [5.41, 5.74) is 0. The molecule has 0 atom stereocenters. The molecule has 0 saturated heterocycles. The van der Waals surface area contributed by atoms with Crippen LogP contribution in [0.5, 0.6) is 0 Å². The molecule has 0 amide bonds. The molecule has 0 aliphatic rings. The first-order valence-electron chi connectivity index (χ1n) is 12.3. The summed E-state index contributed by atoms with van der Waals surface area (Å²) in [7, 11) is 0. The van der Waals surface area contributed by atoms with Crippen molar-refractivity contribution < 1.29 is 2.69 Å². The van der Waals surface area contributed by atoms with Gasteiger partial charge >= 0.3 is 177 Å². The predicted octanol–water partition coefficient (Wildman–Crippen LogP) is 9.08. The molecule has 0 bridgehead atoms. The molecule has 0 aliphatic heterocycles. The molecule has 2 heteroatoms. The number of rotatable bonds is 22. The second-order valence-corrected chi connectivity index (χ2v) is 17.4. The van der Waals surface area contributed by atoms with Gasteiger partial charge in [-0.05, 0) is 0 Å². The Balaban J connectivity index is 3.77. The van der Waals surface area contributed by atoms with Crippen molar-refractivity contribution in [2.45, 2.75) is 144 Å². The van der Waals surface area contributed by atoms with Gasteiger partial charge in [0.05, 0.1) is 0 Å². The van der Waals surface area contributed by atoms with E-state index in [2.05, 4.69) is 20.8 Å². The van der Waals surface area contributed by atoms with E-state index in [0.29, 0.717) is 0 Å². The second-order valence-electron chi connectivity index (χ2n) is 8.19. The maximum atomic E-state index is 6.52. The van der Waals surface area contributed by atoms with Crippen molar-refractivity contribution in [3.05, 3.63) is 0 Å². The minimum absolute atomic E-state index is 1.10. The first kappa shape index (κ1) is 26.9. The molecule has 0 N–H and O–H groups in total. The summed E-state index contributed by atoms with van der Waals surface area (Å²) in [5.74, 6) is 0. The van der Waals surface area contributed by atoms with Gasteiger partial charge in [-0.3, -0.25) is 0 Å². The molecule has 0 fully saturated rings. The first-order chi connectivity index (χ1) is 12.8. The van der Waals surface area contributed by atoms with Crippen LogP contribution in [0.25, 0.3) is 0 Å². The van der Waals surface area contributed by atoms with Crippen LogP contribution in [0.2, 0.25) is 7.96 Å². The van der Waals surface area contributed by atoms with E-state index in [-0.39, 0.29) is 0 Å². The SMILES string of the molecule is CCCCCCCC[O][Pb]([CH2]CCCCCCC)[CH2]CCCCCCC. The Kier molecular flexibility index (Phi) is 24.7. The number of hydrogen-bond acceptors (Lipinski definition) is 1. The monoisotopic (exact) mass is 563 g/mol. The molecule has 0 saturated carbocycles. The summed E-state index contributed by atoms with van der Waals surface area (Å²) in [4.78, 5) is 0. The molecular formula is C24H51OPb. The fraction of sp³-hybridized carbons (Fsp3) is 1.00. The molecule has 157 valence electrons. The Hall–Kier alpha value is 0.882. The van der Waals surface area contributed by atoms with Gasteiger partial charge in [0.15, 0.2) is 0 Å². The number of hydrogen-bond donors (Lipinski definition) is 0. The topological polar surface area (TPSA) is 9.23 Å².